The van der Waals surface area contributed by atoms with E-state index in [-0.39, 0.29) is 30.4 Å². The highest BCUT2D eigenvalue weighted by Crippen LogP contribution is 2.35. The average molecular weight is 428 g/mol. The molecule has 1 aliphatic rings. The molecule has 2 N–H and O–H groups in total. The maximum absolute atomic E-state index is 13.3. The molecule has 0 unspecified atom stereocenters. The number of hydrogen-bond acceptors (Lipinski definition) is 7. The Kier molecular flexibility index (Phi) is 6.24. The highest BCUT2D eigenvalue weighted by Gasteiger charge is 2.38. The first-order chi connectivity index (χ1) is 13.2. The predicted molar refractivity (Wildman–Crippen MR) is 103 cm³/mol. The molecule has 0 atom stereocenters. The van der Waals surface area contributed by atoms with Gasteiger partial charge in [-0.05, 0) is 32.9 Å². The molecule has 3 rings (SSSR count). The van der Waals surface area contributed by atoms with E-state index in [0.717, 1.165) is 16.8 Å². The molecule has 2 heterocycles. The number of nitrogens with zero attached hydrogens (tertiary/aromatic N) is 3. The molecule has 1 amide bonds. The molecule has 2 aromatic rings. The minimum atomic E-state index is -0.871. The Bertz CT molecular complexity index is 991. The number of halogens is 2. The number of carbonyl (C=O) groups is 2. The first kappa shape index (κ1) is 22.2. The third-order valence-electron chi connectivity index (χ3n) is 4.36. The number of aromatic nitrogens is 2. The Hall–Kier alpha value is -3.05. The molecule has 0 bridgehead atoms. The van der Waals surface area contributed by atoms with Crippen LogP contribution in [0.2, 0.25) is 0 Å². The summed E-state index contributed by atoms with van der Waals surface area (Å²) >= 11 is 0. The zero-order chi connectivity index (χ0) is 20.6. The molecule has 29 heavy (non-hydrogen) atoms. The van der Waals surface area contributed by atoms with Gasteiger partial charge in [-0.25, -0.2) is 9.18 Å². The van der Waals surface area contributed by atoms with E-state index in [2.05, 4.69) is 15.7 Å². The van der Waals surface area contributed by atoms with Crippen LogP contribution in [0.25, 0.3) is 0 Å². The van der Waals surface area contributed by atoms with Crippen molar-refractivity contribution < 1.29 is 23.6 Å². The van der Waals surface area contributed by atoms with E-state index in [1.165, 1.54) is 0 Å². The summed E-state index contributed by atoms with van der Waals surface area (Å²) in [6.07, 6.45) is -0.795. The molecular weight excluding hydrogens is 409 g/mol. The van der Waals surface area contributed by atoms with Gasteiger partial charge in [0, 0.05) is 12.1 Å². The molecule has 12 heteroatoms. The van der Waals surface area contributed by atoms with Gasteiger partial charge in [0.15, 0.2) is 0 Å². The SMILES string of the molecule is CCOC(=O)n1nc2c(c1NC(=O)c1ccc(F)cc1[N+](=O)[O-])CNC2(C)C.Cl. The number of nitrogens with one attached hydrogen (secondary N) is 2. The third kappa shape index (κ3) is 4.05. The van der Waals surface area contributed by atoms with Crippen LogP contribution < -0.4 is 10.6 Å². The smallest absolute Gasteiger partial charge is 0.436 e. The van der Waals surface area contributed by atoms with Crippen LogP contribution in [0.4, 0.5) is 20.7 Å². The second-order valence-electron chi connectivity index (χ2n) is 6.64. The van der Waals surface area contributed by atoms with Gasteiger partial charge in [-0.2, -0.15) is 5.10 Å². The first-order valence-corrected chi connectivity index (χ1v) is 8.45. The van der Waals surface area contributed by atoms with E-state index in [9.17, 15) is 24.1 Å². The zero-order valence-corrected chi connectivity index (χ0v) is 16.6. The number of hydrogen-bond donors (Lipinski definition) is 2. The van der Waals surface area contributed by atoms with Crippen molar-refractivity contribution in [3.05, 3.63) is 51.0 Å². The summed E-state index contributed by atoms with van der Waals surface area (Å²) in [6.45, 7) is 5.76. The van der Waals surface area contributed by atoms with Crippen molar-refractivity contribution in [2.24, 2.45) is 0 Å². The Labute approximate surface area is 171 Å². The summed E-state index contributed by atoms with van der Waals surface area (Å²) in [5.74, 6) is -1.66. The number of nitro benzene ring substituents is 1. The molecule has 0 aliphatic carbocycles. The normalized spacial score (nSPS) is 13.9. The minimum Gasteiger partial charge on any atom is -0.448 e. The van der Waals surface area contributed by atoms with Gasteiger partial charge in [0.1, 0.15) is 17.2 Å². The van der Waals surface area contributed by atoms with Crippen LogP contribution in [0.3, 0.4) is 0 Å². The molecule has 0 radical (unpaired) electrons. The fourth-order valence-corrected chi connectivity index (χ4v) is 2.98. The van der Waals surface area contributed by atoms with E-state index < -0.39 is 34.0 Å². The summed E-state index contributed by atoms with van der Waals surface area (Å²) in [6, 6.07) is 2.61. The quantitative estimate of drug-likeness (QED) is 0.566. The average Bonchev–Trinajstić information content (AvgIpc) is 3.13. The lowest BCUT2D eigenvalue weighted by atomic mass is 10.0. The Morgan fingerprint density at radius 2 is 2.14 bits per heavy atom. The van der Waals surface area contributed by atoms with Crippen molar-refractivity contribution in [1.82, 2.24) is 15.1 Å². The zero-order valence-electron chi connectivity index (χ0n) is 15.8. The van der Waals surface area contributed by atoms with Crippen molar-refractivity contribution in [1.29, 1.82) is 0 Å². The van der Waals surface area contributed by atoms with E-state index in [1.807, 2.05) is 13.8 Å². The number of carbonyl (C=O) groups excluding carboxylic acids is 2. The van der Waals surface area contributed by atoms with E-state index in [4.69, 9.17) is 4.74 Å². The van der Waals surface area contributed by atoms with Gasteiger partial charge in [0.05, 0.1) is 28.8 Å². The molecule has 156 valence electrons. The second kappa shape index (κ2) is 8.13. The van der Waals surface area contributed by atoms with Gasteiger partial charge >= 0.3 is 6.09 Å². The van der Waals surface area contributed by atoms with E-state index in [0.29, 0.717) is 23.9 Å². The molecule has 0 saturated heterocycles. The number of fused-ring (bicyclic) bond motifs is 1. The number of nitro groups is 1. The fraction of sp³-hybridized carbons (Fsp3) is 0.353. The summed E-state index contributed by atoms with van der Waals surface area (Å²) < 4.78 is 19.2. The summed E-state index contributed by atoms with van der Waals surface area (Å²) in [4.78, 5) is 35.3. The van der Waals surface area contributed by atoms with Crippen molar-refractivity contribution in [2.75, 3.05) is 11.9 Å². The van der Waals surface area contributed by atoms with Gasteiger partial charge in [-0.1, -0.05) is 0 Å². The number of ether oxygens (including phenoxy) is 1. The molecule has 0 spiro atoms. The maximum Gasteiger partial charge on any atom is 0.436 e. The number of anilines is 1. The minimum absolute atomic E-state index is 0. The van der Waals surface area contributed by atoms with Gasteiger partial charge in [-0.3, -0.25) is 14.9 Å². The predicted octanol–water partition coefficient (Wildman–Crippen LogP) is 2.95. The molecule has 0 fully saturated rings. The summed E-state index contributed by atoms with van der Waals surface area (Å²) in [5, 5.41) is 21.1. The Morgan fingerprint density at radius 1 is 1.45 bits per heavy atom. The van der Waals surface area contributed by atoms with Gasteiger partial charge in [-0.15, -0.1) is 17.1 Å². The summed E-state index contributed by atoms with van der Waals surface area (Å²) in [7, 11) is 0. The van der Waals surface area contributed by atoms with Crippen molar-refractivity contribution >= 4 is 35.9 Å². The van der Waals surface area contributed by atoms with Crippen LogP contribution in [0.15, 0.2) is 18.2 Å². The van der Waals surface area contributed by atoms with Crippen LogP contribution in [0, 0.1) is 15.9 Å². The van der Waals surface area contributed by atoms with Crippen LogP contribution >= 0.6 is 12.4 Å². The molecule has 1 aliphatic heterocycles. The number of benzene rings is 1. The topological polar surface area (TPSA) is 128 Å². The second-order valence-corrected chi connectivity index (χ2v) is 6.64. The molecule has 1 aromatic heterocycles. The Morgan fingerprint density at radius 3 is 2.76 bits per heavy atom. The van der Waals surface area contributed by atoms with Crippen LogP contribution in [-0.2, 0) is 16.8 Å². The van der Waals surface area contributed by atoms with Crippen LogP contribution in [-0.4, -0.2) is 33.3 Å². The third-order valence-corrected chi connectivity index (χ3v) is 4.36. The maximum atomic E-state index is 13.3. The molecule has 0 saturated carbocycles. The molecular formula is C17H19ClFN5O5. The van der Waals surface area contributed by atoms with Crippen molar-refractivity contribution in [3.8, 4) is 0 Å². The highest BCUT2D eigenvalue weighted by atomic mass is 35.5. The van der Waals surface area contributed by atoms with Gasteiger partial charge in [0.2, 0.25) is 0 Å². The molecule has 1 aromatic carbocycles. The van der Waals surface area contributed by atoms with Crippen LogP contribution in [0.5, 0.6) is 0 Å². The van der Waals surface area contributed by atoms with Gasteiger partial charge in [0.25, 0.3) is 11.6 Å². The lowest BCUT2D eigenvalue weighted by molar-refractivity contribution is -0.385. The fourth-order valence-electron chi connectivity index (χ4n) is 2.98. The largest absolute Gasteiger partial charge is 0.448 e. The van der Waals surface area contributed by atoms with Crippen molar-refractivity contribution in [2.45, 2.75) is 32.9 Å². The molecule has 10 nitrogen and oxygen atoms in total. The standard InChI is InChI=1S/C17H18FN5O5.ClH/c1-4-28-16(25)22-14(11-8-19-17(2,3)13(11)21-22)20-15(24)10-6-5-9(18)7-12(10)23(26)27;/h5-7,19H,4,8H2,1-3H3,(H,20,24);1H. The first-order valence-electron chi connectivity index (χ1n) is 8.45. The van der Waals surface area contributed by atoms with Gasteiger partial charge < -0.3 is 15.4 Å². The highest BCUT2D eigenvalue weighted by molar-refractivity contribution is 6.07. The van der Waals surface area contributed by atoms with E-state index in [1.54, 1.807) is 6.92 Å². The van der Waals surface area contributed by atoms with Crippen molar-refractivity contribution in [3.63, 3.8) is 0 Å². The van der Waals surface area contributed by atoms with E-state index >= 15 is 0 Å². The Balaban J connectivity index is 0.00000300. The number of rotatable bonds is 4. The lowest BCUT2D eigenvalue weighted by Crippen LogP contribution is -2.31. The van der Waals surface area contributed by atoms with Crippen LogP contribution in [0.1, 0.15) is 42.4 Å². The summed E-state index contributed by atoms with van der Waals surface area (Å²) in [5.41, 5.74) is -0.466. The monoisotopic (exact) mass is 427 g/mol. The number of amides is 1. The lowest BCUT2D eigenvalue weighted by Gasteiger charge is -2.17.